The molecule has 1 atom stereocenters. The van der Waals surface area contributed by atoms with Crippen LogP contribution in [0.15, 0.2) is 0 Å². The number of ether oxygens (including phenoxy) is 1. The smallest absolute Gasteiger partial charge is 0.407 e. The molecule has 0 bridgehead atoms. The predicted octanol–water partition coefficient (Wildman–Crippen LogP) is 1.67. The monoisotopic (exact) mass is 215 g/mol. The van der Waals surface area contributed by atoms with Crippen LogP contribution in [0.1, 0.15) is 40.0 Å². The zero-order valence-electron chi connectivity index (χ0n) is 9.75. The van der Waals surface area contributed by atoms with Crippen LogP contribution in [0.2, 0.25) is 0 Å². The van der Waals surface area contributed by atoms with Gasteiger partial charge in [0.25, 0.3) is 0 Å². The maximum absolute atomic E-state index is 11.4. The molecule has 1 aliphatic rings. The fourth-order valence-corrected chi connectivity index (χ4v) is 1.61. The van der Waals surface area contributed by atoms with Gasteiger partial charge in [-0.25, -0.2) is 4.79 Å². The second-order valence-electron chi connectivity index (χ2n) is 5.13. The van der Waals surface area contributed by atoms with E-state index in [-0.39, 0.29) is 12.6 Å². The summed E-state index contributed by atoms with van der Waals surface area (Å²) in [6, 6.07) is -0.145. The Balaban J connectivity index is 2.34. The summed E-state index contributed by atoms with van der Waals surface area (Å²) in [5.74, 6) is 0.419. The molecule has 0 heterocycles. The van der Waals surface area contributed by atoms with Gasteiger partial charge in [0.15, 0.2) is 0 Å². The molecule has 0 unspecified atom stereocenters. The summed E-state index contributed by atoms with van der Waals surface area (Å²) >= 11 is 0. The molecule has 0 aromatic rings. The second kappa shape index (κ2) is 4.84. The van der Waals surface area contributed by atoms with E-state index >= 15 is 0 Å². The lowest BCUT2D eigenvalue weighted by molar-refractivity contribution is 0.0421. The summed E-state index contributed by atoms with van der Waals surface area (Å²) in [6.07, 6.45) is 2.92. The first kappa shape index (κ1) is 12.3. The highest BCUT2D eigenvalue weighted by atomic mass is 16.6. The summed E-state index contributed by atoms with van der Waals surface area (Å²) in [7, 11) is 0. The Morgan fingerprint density at radius 1 is 1.53 bits per heavy atom. The van der Waals surface area contributed by atoms with Crippen LogP contribution in [-0.2, 0) is 4.74 Å². The third-order valence-electron chi connectivity index (χ3n) is 2.62. The van der Waals surface area contributed by atoms with Gasteiger partial charge >= 0.3 is 6.09 Å². The molecule has 0 aromatic heterocycles. The van der Waals surface area contributed by atoms with Crippen molar-refractivity contribution in [2.45, 2.75) is 51.7 Å². The number of carbonyl (C=O) groups excluding carboxylic acids is 1. The maximum atomic E-state index is 11.4. The van der Waals surface area contributed by atoms with Crippen LogP contribution in [0.5, 0.6) is 0 Å². The van der Waals surface area contributed by atoms with Crippen molar-refractivity contribution in [1.29, 1.82) is 0 Å². The third-order valence-corrected chi connectivity index (χ3v) is 2.62. The van der Waals surface area contributed by atoms with Crippen molar-refractivity contribution in [2.24, 2.45) is 5.92 Å². The first-order chi connectivity index (χ1) is 6.92. The molecular weight excluding hydrogens is 194 g/mol. The molecule has 1 aliphatic carbocycles. The van der Waals surface area contributed by atoms with E-state index in [2.05, 4.69) is 5.32 Å². The topological polar surface area (TPSA) is 58.6 Å². The van der Waals surface area contributed by atoms with Crippen molar-refractivity contribution in [3.8, 4) is 0 Å². The number of aliphatic hydroxyl groups is 1. The Bertz CT molecular complexity index is 218. The minimum Gasteiger partial charge on any atom is -0.444 e. The van der Waals surface area contributed by atoms with E-state index < -0.39 is 11.7 Å². The van der Waals surface area contributed by atoms with Crippen molar-refractivity contribution in [1.82, 2.24) is 5.32 Å². The van der Waals surface area contributed by atoms with Gasteiger partial charge in [0.1, 0.15) is 5.60 Å². The normalized spacial score (nSPS) is 19.2. The predicted molar refractivity (Wildman–Crippen MR) is 57.6 cm³/mol. The van der Waals surface area contributed by atoms with Gasteiger partial charge < -0.3 is 15.2 Å². The first-order valence-corrected chi connectivity index (χ1v) is 5.53. The summed E-state index contributed by atoms with van der Waals surface area (Å²) in [4.78, 5) is 11.4. The van der Waals surface area contributed by atoms with E-state index in [1.54, 1.807) is 0 Å². The van der Waals surface area contributed by atoms with Crippen molar-refractivity contribution in [2.75, 3.05) is 6.61 Å². The van der Waals surface area contributed by atoms with Gasteiger partial charge in [0.2, 0.25) is 0 Å². The SMILES string of the molecule is CC(C)(C)OC(=O)N[C@@H](CO)C1CCC1. The van der Waals surface area contributed by atoms with Crippen molar-refractivity contribution >= 4 is 6.09 Å². The number of nitrogens with one attached hydrogen (secondary N) is 1. The average Bonchev–Trinajstić information content (AvgIpc) is 1.95. The number of hydrogen-bond donors (Lipinski definition) is 2. The molecular formula is C11H21NO3. The Labute approximate surface area is 91.0 Å². The molecule has 0 spiro atoms. The lowest BCUT2D eigenvalue weighted by atomic mass is 9.80. The molecule has 1 amide bonds. The molecule has 1 saturated carbocycles. The zero-order valence-corrected chi connectivity index (χ0v) is 9.75. The van der Waals surface area contributed by atoms with E-state index in [1.807, 2.05) is 20.8 Å². The number of carbonyl (C=O) groups is 1. The molecule has 0 aromatic carbocycles. The van der Waals surface area contributed by atoms with Gasteiger partial charge in [-0.1, -0.05) is 6.42 Å². The highest BCUT2D eigenvalue weighted by molar-refractivity contribution is 5.68. The molecule has 15 heavy (non-hydrogen) atoms. The molecule has 1 fully saturated rings. The highest BCUT2D eigenvalue weighted by Gasteiger charge is 2.29. The number of amides is 1. The van der Waals surface area contributed by atoms with Gasteiger partial charge in [0, 0.05) is 0 Å². The molecule has 4 heteroatoms. The molecule has 0 aliphatic heterocycles. The van der Waals surface area contributed by atoms with E-state index in [9.17, 15) is 4.79 Å². The van der Waals surface area contributed by atoms with Crippen LogP contribution in [-0.4, -0.2) is 29.4 Å². The Morgan fingerprint density at radius 3 is 2.47 bits per heavy atom. The van der Waals surface area contributed by atoms with Crippen LogP contribution in [0.25, 0.3) is 0 Å². The molecule has 1 rings (SSSR count). The minimum absolute atomic E-state index is 0.0100. The standard InChI is InChI=1S/C11H21NO3/c1-11(2,3)15-10(14)12-9(7-13)8-5-4-6-8/h8-9,13H,4-7H2,1-3H3,(H,12,14)/t9-/m0/s1. The highest BCUT2D eigenvalue weighted by Crippen LogP contribution is 2.29. The maximum Gasteiger partial charge on any atom is 0.407 e. The van der Waals surface area contributed by atoms with Gasteiger partial charge in [-0.3, -0.25) is 0 Å². The summed E-state index contributed by atoms with van der Waals surface area (Å²) in [5, 5.41) is 11.9. The van der Waals surface area contributed by atoms with Crippen molar-refractivity contribution < 1.29 is 14.6 Å². The van der Waals surface area contributed by atoms with Crippen LogP contribution >= 0.6 is 0 Å². The summed E-state index contributed by atoms with van der Waals surface area (Å²) < 4.78 is 5.13. The van der Waals surface area contributed by atoms with E-state index in [1.165, 1.54) is 6.42 Å². The van der Waals surface area contributed by atoms with Crippen LogP contribution in [0, 0.1) is 5.92 Å². The van der Waals surface area contributed by atoms with Crippen LogP contribution in [0.3, 0.4) is 0 Å². The second-order valence-corrected chi connectivity index (χ2v) is 5.13. The van der Waals surface area contributed by atoms with E-state index in [0.29, 0.717) is 5.92 Å². The van der Waals surface area contributed by atoms with Crippen molar-refractivity contribution in [3.63, 3.8) is 0 Å². The lowest BCUT2D eigenvalue weighted by Crippen LogP contribution is -2.47. The average molecular weight is 215 g/mol. The fourth-order valence-electron chi connectivity index (χ4n) is 1.61. The van der Waals surface area contributed by atoms with Gasteiger partial charge in [-0.15, -0.1) is 0 Å². The zero-order chi connectivity index (χ0) is 11.5. The largest absolute Gasteiger partial charge is 0.444 e. The minimum atomic E-state index is -0.482. The number of rotatable bonds is 3. The van der Waals surface area contributed by atoms with Gasteiger partial charge in [-0.05, 0) is 39.5 Å². The quantitative estimate of drug-likeness (QED) is 0.753. The fraction of sp³-hybridized carbons (Fsp3) is 0.909. The molecule has 4 nitrogen and oxygen atoms in total. The molecule has 2 N–H and O–H groups in total. The Hall–Kier alpha value is -0.770. The third kappa shape index (κ3) is 4.08. The number of aliphatic hydroxyl groups excluding tert-OH is 1. The lowest BCUT2D eigenvalue weighted by Gasteiger charge is -2.33. The van der Waals surface area contributed by atoms with E-state index in [0.717, 1.165) is 12.8 Å². The summed E-state index contributed by atoms with van der Waals surface area (Å²) in [5.41, 5.74) is -0.482. The molecule has 0 radical (unpaired) electrons. The first-order valence-electron chi connectivity index (χ1n) is 5.53. The molecule has 88 valence electrons. The summed E-state index contributed by atoms with van der Waals surface area (Å²) in [6.45, 7) is 5.46. The molecule has 0 saturated heterocycles. The van der Waals surface area contributed by atoms with Crippen molar-refractivity contribution in [3.05, 3.63) is 0 Å². The number of alkyl carbamates (subject to hydrolysis) is 1. The Kier molecular flexibility index (Phi) is 3.97. The van der Waals surface area contributed by atoms with Gasteiger partial charge in [0.05, 0.1) is 12.6 Å². The Morgan fingerprint density at radius 2 is 2.13 bits per heavy atom. The van der Waals surface area contributed by atoms with Gasteiger partial charge in [-0.2, -0.15) is 0 Å². The van der Waals surface area contributed by atoms with Crippen LogP contribution < -0.4 is 5.32 Å². The van der Waals surface area contributed by atoms with E-state index in [4.69, 9.17) is 9.84 Å². The van der Waals surface area contributed by atoms with Crippen LogP contribution in [0.4, 0.5) is 4.79 Å². The number of hydrogen-bond acceptors (Lipinski definition) is 3.